The largest absolute Gasteiger partial charge is 0.262 e. The molecule has 8 nitrogen and oxygen atoms in total. The lowest BCUT2D eigenvalue weighted by atomic mass is 10.0. The number of aromatic amines is 1. The third-order valence-corrected chi connectivity index (χ3v) is 6.29. The Morgan fingerprint density at radius 2 is 2.17 bits per heavy atom. The highest BCUT2D eigenvalue weighted by atomic mass is 32.2. The van der Waals surface area contributed by atoms with E-state index in [1.807, 2.05) is 20.8 Å². The predicted molar refractivity (Wildman–Crippen MR) is 88.9 cm³/mol. The van der Waals surface area contributed by atoms with Gasteiger partial charge in [-0.1, -0.05) is 20.3 Å². The van der Waals surface area contributed by atoms with Crippen LogP contribution in [0.4, 0.5) is 0 Å². The molecule has 24 heavy (non-hydrogen) atoms. The van der Waals surface area contributed by atoms with Crippen molar-refractivity contribution in [3.05, 3.63) is 23.9 Å². The Labute approximate surface area is 142 Å². The number of aromatic nitrogens is 5. The monoisotopic (exact) mass is 352 g/mol. The molecule has 0 aromatic carbocycles. The van der Waals surface area contributed by atoms with Gasteiger partial charge in [0.25, 0.3) is 10.0 Å². The number of piperidine rings is 1. The second-order valence-electron chi connectivity index (χ2n) is 6.35. The Morgan fingerprint density at radius 1 is 1.38 bits per heavy atom. The van der Waals surface area contributed by atoms with Crippen molar-refractivity contribution in [2.24, 2.45) is 0 Å². The van der Waals surface area contributed by atoms with E-state index in [1.165, 1.54) is 10.9 Å². The molecular weight excluding hydrogens is 328 g/mol. The molecule has 1 aliphatic rings. The number of nitrogens with one attached hydrogen (secondary N) is 1. The van der Waals surface area contributed by atoms with Crippen molar-refractivity contribution < 1.29 is 8.42 Å². The molecule has 1 saturated heterocycles. The lowest BCUT2D eigenvalue weighted by molar-refractivity contribution is 0.245. The van der Waals surface area contributed by atoms with Crippen LogP contribution in [-0.2, 0) is 16.6 Å². The van der Waals surface area contributed by atoms with Crippen LogP contribution in [0.15, 0.2) is 17.3 Å². The quantitative estimate of drug-likeness (QED) is 0.888. The molecule has 1 N–H and O–H groups in total. The van der Waals surface area contributed by atoms with Gasteiger partial charge in [0.1, 0.15) is 5.82 Å². The van der Waals surface area contributed by atoms with Crippen LogP contribution < -0.4 is 0 Å². The molecule has 2 aromatic rings. The maximum Gasteiger partial charge on any atom is 0.260 e. The zero-order valence-electron chi connectivity index (χ0n) is 14.3. The van der Waals surface area contributed by atoms with Crippen molar-refractivity contribution in [1.82, 2.24) is 29.3 Å². The van der Waals surface area contributed by atoms with E-state index in [0.717, 1.165) is 19.3 Å². The number of rotatable bonds is 5. The summed E-state index contributed by atoms with van der Waals surface area (Å²) < 4.78 is 29.4. The van der Waals surface area contributed by atoms with E-state index in [2.05, 4.69) is 20.3 Å². The van der Waals surface area contributed by atoms with Crippen LogP contribution in [0.5, 0.6) is 0 Å². The first-order chi connectivity index (χ1) is 11.4. The van der Waals surface area contributed by atoms with E-state index in [4.69, 9.17) is 0 Å². The van der Waals surface area contributed by atoms with Crippen molar-refractivity contribution >= 4 is 10.0 Å². The summed E-state index contributed by atoms with van der Waals surface area (Å²) in [6.07, 6.45) is 4.09. The van der Waals surface area contributed by atoms with Crippen molar-refractivity contribution in [3.8, 4) is 0 Å². The number of H-pyrrole nitrogens is 1. The fourth-order valence-electron chi connectivity index (χ4n) is 3.06. The molecular formula is C15H24N6O2S. The van der Waals surface area contributed by atoms with Crippen LogP contribution >= 0.6 is 0 Å². The van der Waals surface area contributed by atoms with Gasteiger partial charge in [0, 0.05) is 19.0 Å². The molecule has 1 aliphatic heterocycles. The van der Waals surface area contributed by atoms with Crippen LogP contribution in [0.2, 0.25) is 0 Å². The number of hydrogen-bond acceptors (Lipinski definition) is 5. The van der Waals surface area contributed by atoms with Crippen LogP contribution in [0.1, 0.15) is 63.6 Å². The number of aryl methyl sites for hydroxylation is 1. The lowest BCUT2D eigenvalue weighted by Crippen LogP contribution is -2.39. The summed E-state index contributed by atoms with van der Waals surface area (Å²) in [5.74, 6) is 1.54. The summed E-state index contributed by atoms with van der Waals surface area (Å²) in [5, 5.41) is 11.5. The standard InChI is InChI=1S/C15H24N6O2S/c1-4-20-13(8-9-16-20)24(22,23)21-10-6-5-7-12(21)15-17-14(11(2)3)18-19-15/h8-9,11-12H,4-7,10H2,1-3H3,(H,17,18,19). The SMILES string of the molecule is CCn1nccc1S(=O)(=O)N1CCCCC1c1nc(C(C)C)n[nH]1. The number of sulfonamides is 1. The summed E-state index contributed by atoms with van der Waals surface area (Å²) in [5.41, 5.74) is 0. The normalized spacial score (nSPS) is 19.9. The average Bonchev–Trinajstić information content (AvgIpc) is 3.24. The van der Waals surface area contributed by atoms with E-state index in [9.17, 15) is 8.42 Å². The van der Waals surface area contributed by atoms with E-state index in [-0.39, 0.29) is 17.0 Å². The molecule has 1 fully saturated rings. The van der Waals surface area contributed by atoms with Gasteiger partial charge in [-0.05, 0) is 25.8 Å². The van der Waals surface area contributed by atoms with E-state index in [1.54, 1.807) is 10.4 Å². The Hall–Kier alpha value is -1.74. The van der Waals surface area contributed by atoms with Crippen molar-refractivity contribution in [2.45, 2.75) is 63.6 Å². The highest BCUT2D eigenvalue weighted by Crippen LogP contribution is 2.34. The van der Waals surface area contributed by atoms with Crippen LogP contribution in [0.25, 0.3) is 0 Å². The second-order valence-corrected chi connectivity index (χ2v) is 8.18. The maximum absolute atomic E-state index is 13.2. The lowest BCUT2D eigenvalue weighted by Gasteiger charge is -2.33. The second kappa shape index (κ2) is 6.64. The molecule has 3 heterocycles. The molecule has 0 aliphatic carbocycles. The molecule has 0 spiro atoms. The molecule has 9 heteroatoms. The van der Waals surface area contributed by atoms with Crippen molar-refractivity contribution in [3.63, 3.8) is 0 Å². The highest BCUT2D eigenvalue weighted by Gasteiger charge is 2.37. The molecule has 2 aromatic heterocycles. The summed E-state index contributed by atoms with van der Waals surface area (Å²) in [6, 6.07) is 1.26. The maximum atomic E-state index is 13.2. The Balaban J connectivity index is 1.97. The van der Waals surface area contributed by atoms with Gasteiger partial charge in [0.15, 0.2) is 10.9 Å². The molecule has 0 radical (unpaired) electrons. The van der Waals surface area contributed by atoms with Gasteiger partial charge in [-0.2, -0.15) is 14.5 Å². The fraction of sp³-hybridized carbons (Fsp3) is 0.667. The fourth-order valence-corrected chi connectivity index (χ4v) is 4.88. The Kier molecular flexibility index (Phi) is 4.73. The van der Waals surface area contributed by atoms with Gasteiger partial charge in [0.2, 0.25) is 0 Å². The predicted octanol–water partition coefficient (Wildman–Crippen LogP) is 2.06. The van der Waals surface area contributed by atoms with Crippen LogP contribution in [-0.4, -0.2) is 44.2 Å². The van der Waals surface area contributed by atoms with Gasteiger partial charge < -0.3 is 0 Å². The average molecular weight is 352 g/mol. The van der Waals surface area contributed by atoms with Crippen LogP contribution in [0, 0.1) is 0 Å². The molecule has 1 atom stereocenters. The summed E-state index contributed by atoms with van der Waals surface area (Å²) >= 11 is 0. The van der Waals surface area contributed by atoms with Gasteiger partial charge in [-0.15, -0.1) is 0 Å². The van der Waals surface area contributed by atoms with Crippen molar-refractivity contribution in [2.75, 3.05) is 6.54 Å². The zero-order chi connectivity index (χ0) is 17.3. The summed E-state index contributed by atoms with van der Waals surface area (Å²) in [7, 11) is -3.62. The first kappa shape index (κ1) is 17.1. The van der Waals surface area contributed by atoms with E-state index < -0.39 is 10.0 Å². The molecule has 3 rings (SSSR count). The highest BCUT2D eigenvalue weighted by molar-refractivity contribution is 7.89. The third kappa shape index (κ3) is 2.98. The van der Waals surface area contributed by atoms with E-state index in [0.29, 0.717) is 24.7 Å². The van der Waals surface area contributed by atoms with E-state index >= 15 is 0 Å². The Morgan fingerprint density at radius 3 is 2.83 bits per heavy atom. The summed E-state index contributed by atoms with van der Waals surface area (Å²) in [4.78, 5) is 4.53. The topological polar surface area (TPSA) is 96.8 Å². The smallest absolute Gasteiger partial charge is 0.260 e. The first-order valence-electron chi connectivity index (χ1n) is 8.41. The van der Waals surface area contributed by atoms with Gasteiger partial charge in [-0.25, -0.2) is 13.4 Å². The molecule has 0 bridgehead atoms. The first-order valence-corrected chi connectivity index (χ1v) is 9.85. The summed E-state index contributed by atoms with van der Waals surface area (Å²) in [6.45, 7) is 6.91. The minimum atomic E-state index is -3.62. The molecule has 0 amide bonds. The van der Waals surface area contributed by atoms with Gasteiger partial charge in [-0.3, -0.25) is 9.78 Å². The molecule has 1 unspecified atom stereocenters. The molecule has 0 saturated carbocycles. The van der Waals surface area contributed by atoms with Gasteiger partial charge in [0.05, 0.1) is 12.2 Å². The van der Waals surface area contributed by atoms with Crippen LogP contribution in [0.3, 0.4) is 0 Å². The number of hydrogen-bond donors (Lipinski definition) is 1. The number of nitrogens with zero attached hydrogens (tertiary/aromatic N) is 5. The van der Waals surface area contributed by atoms with Gasteiger partial charge >= 0.3 is 0 Å². The van der Waals surface area contributed by atoms with Crippen molar-refractivity contribution in [1.29, 1.82) is 0 Å². The minimum absolute atomic E-state index is 0.199. The Bertz CT molecular complexity index is 795. The third-order valence-electron chi connectivity index (χ3n) is 4.36. The zero-order valence-corrected chi connectivity index (χ0v) is 15.1. The minimum Gasteiger partial charge on any atom is -0.262 e. The molecule has 132 valence electrons.